The number of alkyl halides is 1. The lowest BCUT2D eigenvalue weighted by Gasteiger charge is -2.26. The van der Waals surface area contributed by atoms with E-state index in [0.29, 0.717) is 36.1 Å². The van der Waals surface area contributed by atoms with Gasteiger partial charge in [-0.3, -0.25) is 4.79 Å². The smallest absolute Gasteiger partial charge is 0.292 e. The summed E-state index contributed by atoms with van der Waals surface area (Å²) >= 11 is 6.27. The molecule has 1 aromatic carbocycles. The Balaban J connectivity index is 1.36. The fourth-order valence-corrected chi connectivity index (χ4v) is 5.72. The van der Waals surface area contributed by atoms with Crippen molar-refractivity contribution in [2.45, 2.75) is 54.8 Å². The second-order valence-electron chi connectivity index (χ2n) is 8.77. The third kappa shape index (κ3) is 4.72. The van der Waals surface area contributed by atoms with Gasteiger partial charge in [0.1, 0.15) is 10.8 Å². The highest BCUT2D eigenvalue weighted by Gasteiger charge is 2.36. The van der Waals surface area contributed by atoms with Gasteiger partial charge < -0.3 is 14.5 Å². The molecule has 2 atom stereocenters. The number of hydrogen-bond donors (Lipinski definition) is 1. The van der Waals surface area contributed by atoms with Crippen molar-refractivity contribution in [1.29, 1.82) is 0 Å². The number of hydrogen-bond acceptors (Lipinski definition) is 8. The maximum Gasteiger partial charge on any atom is 0.292 e. The third-order valence-electron chi connectivity index (χ3n) is 6.16. The largest absolute Gasteiger partial charge is 0.444 e. The Kier molecular flexibility index (Phi) is 6.41. The van der Waals surface area contributed by atoms with E-state index in [1.54, 1.807) is 6.92 Å². The van der Waals surface area contributed by atoms with E-state index in [1.807, 2.05) is 0 Å². The van der Waals surface area contributed by atoms with Gasteiger partial charge in [-0.1, -0.05) is 11.6 Å². The second-order valence-corrected chi connectivity index (χ2v) is 11.0. The molecule has 2 fully saturated rings. The van der Waals surface area contributed by atoms with Crippen molar-refractivity contribution < 1.29 is 22.0 Å². The van der Waals surface area contributed by atoms with E-state index >= 15 is 0 Å². The molecule has 2 aliphatic rings. The first kappa shape index (κ1) is 24.0. The molecule has 1 aliphatic carbocycles. The number of sulfone groups is 1. The Morgan fingerprint density at radius 2 is 1.97 bits per heavy atom. The number of nitrogens with one attached hydrogen (secondary N) is 1. The van der Waals surface area contributed by atoms with Crippen LogP contribution >= 0.6 is 11.6 Å². The van der Waals surface area contributed by atoms with Crippen molar-refractivity contribution in [2.75, 3.05) is 18.5 Å². The molecule has 186 valence electrons. The van der Waals surface area contributed by atoms with Crippen LogP contribution in [0, 0.1) is 12.8 Å². The van der Waals surface area contributed by atoms with Crippen molar-refractivity contribution >= 4 is 27.1 Å². The zero-order chi connectivity index (χ0) is 24.7. The van der Waals surface area contributed by atoms with Crippen LogP contribution in [0.25, 0.3) is 5.69 Å². The summed E-state index contributed by atoms with van der Waals surface area (Å²) in [6, 6.07) is 5.73. The summed E-state index contributed by atoms with van der Waals surface area (Å²) < 4.78 is 51.9. The number of aryl methyl sites for hydroxylation is 1. The molecule has 0 bridgehead atoms. The number of aromatic nitrogens is 3. The lowest BCUT2D eigenvalue weighted by Crippen LogP contribution is -2.31. The highest BCUT2D eigenvalue weighted by Crippen LogP contribution is 2.44. The van der Waals surface area contributed by atoms with Crippen molar-refractivity contribution in [3.05, 3.63) is 57.5 Å². The monoisotopic (exact) mass is 522 g/mol. The minimum Gasteiger partial charge on any atom is -0.444 e. The van der Waals surface area contributed by atoms with Crippen LogP contribution in [0.5, 0.6) is 0 Å². The molecule has 5 rings (SSSR count). The number of halogens is 2. The molecule has 1 unspecified atom stereocenters. The van der Waals surface area contributed by atoms with Gasteiger partial charge >= 0.3 is 0 Å². The molecule has 35 heavy (non-hydrogen) atoms. The third-order valence-corrected chi connectivity index (χ3v) is 8.22. The molecule has 1 aliphatic heterocycles. The van der Waals surface area contributed by atoms with Crippen LogP contribution in [0.4, 0.5) is 10.1 Å². The summed E-state index contributed by atoms with van der Waals surface area (Å²) in [4.78, 5) is 17.0. The predicted octanol–water partition coefficient (Wildman–Crippen LogP) is 4.03. The van der Waals surface area contributed by atoms with Crippen molar-refractivity contribution in [2.24, 2.45) is 5.92 Å². The van der Waals surface area contributed by atoms with Crippen LogP contribution < -0.4 is 10.9 Å². The van der Waals surface area contributed by atoms with E-state index < -0.39 is 21.8 Å². The molecule has 0 amide bonds. The topological polar surface area (TPSA) is 116 Å². The van der Waals surface area contributed by atoms with Crippen LogP contribution in [0.1, 0.15) is 43.3 Å². The van der Waals surface area contributed by atoms with Crippen LogP contribution in [0.3, 0.4) is 0 Å². The minimum atomic E-state index is -3.89. The molecule has 3 aromatic rings. The summed E-state index contributed by atoms with van der Waals surface area (Å²) in [5.41, 5.74) is 0.0386. The van der Waals surface area contributed by atoms with Crippen molar-refractivity contribution in [3.63, 3.8) is 0 Å². The first-order chi connectivity index (χ1) is 16.8. The van der Waals surface area contributed by atoms with Gasteiger partial charge in [-0.25, -0.2) is 17.8 Å². The van der Waals surface area contributed by atoms with Crippen LogP contribution in [0.15, 0.2) is 49.6 Å². The molecule has 0 radical (unpaired) electrons. The number of rotatable bonds is 7. The zero-order valence-electron chi connectivity index (χ0n) is 18.9. The number of benzene rings is 1. The Bertz CT molecular complexity index is 1400. The standard InChI is InChI=1S/C23H24ClFN4O5S/c1-13-28-22(20(34-13)14-4-5-14)35(31,32)17-8-6-16(7-9-17)29-23(30)19(24)18(12-27-29)26-11-15-3-2-10-33-21(15)25/h6-9,12,14-15,21,26H,2-5,10-11H2,1H3/t15-,21?/m0/s1. The molecule has 1 N–H and O–H groups in total. The average molecular weight is 523 g/mol. The molecular formula is C23H24ClFN4O5S. The zero-order valence-corrected chi connectivity index (χ0v) is 20.5. The summed E-state index contributed by atoms with van der Waals surface area (Å²) in [5, 5.41) is 6.97. The second kappa shape index (κ2) is 9.36. The number of anilines is 1. The Morgan fingerprint density at radius 3 is 2.66 bits per heavy atom. The van der Waals surface area contributed by atoms with E-state index in [2.05, 4.69) is 15.4 Å². The van der Waals surface area contributed by atoms with Gasteiger partial charge in [0.25, 0.3) is 5.56 Å². The quantitative estimate of drug-likeness (QED) is 0.494. The van der Waals surface area contributed by atoms with Crippen molar-refractivity contribution in [3.8, 4) is 5.69 Å². The van der Waals surface area contributed by atoms with E-state index in [4.69, 9.17) is 20.8 Å². The van der Waals surface area contributed by atoms with Gasteiger partial charge in [0.05, 0.1) is 29.1 Å². The van der Waals surface area contributed by atoms with E-state index in [1.165, 1.54) is 30.5 Å². The van der Waals surface area contributed by atoms with Crippen LogP contribution in [-0.4, -0.2) is 42.7 Å². The Hall–Kier alpha value is -2.76. The van der Waals surface area contributed by atoms with Gasteiger partial charge in [-0.15, -0.1) is 0 Å². The summed E-state index contributed by atoms with van der Waals surface area (Å²) in [6.07, 6.45) is 3.20. The minimum absolute atomic E-state index is 0.0318. The van der Waals surface area contributed by atoms with Crippen molar-refractivity contribution in [1.82, 2.24) is 14.8 Å². The molecule has 1 saturated heterocycles. The fourth-order valence-electron chi connectivity index (χ4n) is 4.08. The maximum absolute atomic E-state index is 13.9. The Morgan fingerprint density at radius 1 is 1.23 bits per heavy atom. The Labute approximate surface area is 206 Å². The van der Waals surface area contributed by atoms with E-state index in [-0.39, 0.29) is 33.3 Å². The average Bonchev–Trinajstić information content (AvgIpc) is 3.62. The molecule has 9 nitrogen and oxygen atoms in total. The maximum atomic E-state index is 13.9. The predicted molar refractivity (Wildman–Crippen MR) is 126 cm³/mol. The molecule has 12 heteroatoms. The fraction of sp³-hybridized carbons (Fsp3) is 0.435. The molecule has 1 saturated carbocycles. The first-order valence-corrected chi connectivity index (χ1v) is 13.2. The highest BCUT2D eigenvalue weighted by atomic mass is 35.5. The van der Waals surface area contributed by atoms with Crippen LogP contribution in [-0.2, 0) is 14.6 Å². The number of oxazole rings is 1. The molecule has 2 aromatic heterocycles. The normalized spacial score (nSPS) is 20.7. The summed E-state index contributed by atoms with van der Waals surface area (Å²) in [7, 11) is -3.89. The summed E-state index contributed by atoms with van der Waals surface area (Å²) in [5.74, 6) is 0.446. The molecular weight excluding hydrogens is 499 g/mol. The van der Waals surface area contributed by atoms with Gasteiger partial charge in [0.2, 0.25) is 21.2 Å². The van der Waals surface area contributed by atoms with Gasteiger partial charge in [-0.05, 0) is 49.9 Å². The van der Waals surface area contributed by atoms with E-state index in [9.17, 15) is 17.6 Å². The molecule has 0 spiro atoms. The van der Waals surface area contributed by atoms with Gasteiger partial charge in [0.15, 0.2) is 5.89 Å². The summed E-state index contributed by atoms with van der Waals surface area (Å²) in [6.45, 7) is 2.27. The van der Waals surface area contributed by atoms with Gasteiger partial charge in [-0.2, -0.15) is 9.78 Å². The first-order valence-electron chi connectivity index (χ1n) is 11.4. The number of nitrogens with zero attached hydrogens (tertiary/aromatic N) is 3. The van der Waals surface area contributed by atoms with Crippen LogP contribution in [0.2, 0.25) is 5.02 Å². The lowest BCUT2D eigenvalue weighted by atomic mass is 10.0. The van der Waals surface area contributed by atoms with Gasteiger partial charge in [0, 0.05) is 25.3 Å². The lowest BCUT2D eigenvalue weighted by molar-refractivity contribution is -0.102. The van der Waals surface area contributed by atoms with E-state index in [0.717, 1.165) is 23.9 Å². The SMILES string of the molecule is Cc1nc(S(=O)(=O)c2ccc(-n3ncc(NC[C@@H]4CCCOC4F)c(Cl)c3=O)cc2)c(C2CC2)o1. The highest BCUT2D eigenvalue weighted by molar-refractivity contribution is 7.91. The molecule has 3 heterocycles. The number of ether oxygens (including phenoxy) is 1.